The Bertz CT molecular complexity index is 1870. The minimum Gasteiger partial charge on any atom is -0.455 e. The van der Waals surface area contributed by atoms with Crippen molar-refractivity contribution in [1.82, 2.24) is 4.98 Å². The number of benzene rings is 4. The van der Waals surface area contributed by atoms with Gasteiger partial charge in [0.1, 0.15) is 11.3 Å². The van der Waals surface area contributed by atoms with Crippen LogP contribution in [-0.2, 0) is 0 Å². The van der Waals surface area contributed by atoms with Crippen LogP contribution in [-0.4, -0.2) is 4.98 Å². The topological polar surface area (TPSA) is 26.0 Å². The van der Waals surface area contributed by atoms with Gasteiger partial charge in [-0.3, -0.25) is 0 Å². The number of fused-ring (bicyclic) bond motifs is 4. The highest BCUT2D eigenvalue weighted by molar-refractivity contribution is 6.10. The third kappa shape index (κ3) is 4.74. The Morgan fingerprint density at radius 2 is 1.17 bits per heavy atom. The maximum Gasteiger partial charge on any atom is 0.146 e. The Labute approximate surface area is 244 Å². The van der Waals surface area contributed by atoms with E-state index in [2.05, 4.69) is 134 Å². The van der Waals surface area contributed by atoms with Gasteiger partial charge in [-0.15, -0.1) is 0 Å². The largest absolute Gasteiger partial charge is 0.455 e. The molecule has 0 radical (unpaired) electrons. The molecule has 0 N–H and O–H groups in total. The van der Waals surface area contributed by atoms with Crippen LogP contribution in [0.4, 0.5) is 0 Å². The molecule has 2 nitrogen and oxygen atoms in total. The average Bonchev–Trinajstić information content (AvgIpc) is 3.40. The fraction of sp³-hybridized carbons (Fsp3) is 0.308. The highest BCUT2D eigenvalue weighted by atomic mass is 16.3. The summed E-state index contributed by atoms with van der Waals surface area (Å²) in [6.45, 7) is 18.3. The maximum absolute atomic E-state index is 6.94. The van der Waals surface area contributed by atoms with Crippen LogP contribution in [0, 0.1) is 0 Å². The molecule has 0 fully saturated rings. The predicted molar refractivity (Wildman–Crippen MR) is 176 cm³/mol. The fourth-order valence-corrected chi connectivity index (χ4v) is 6.25. The molecule has 6 rings (SSSR count). The third-order valence-electron chi connectivity index (χ3n) is 8.54. The number of hydrogen-bond acceptors (Lipinski definition) is 2. The van der Waals surface area contributed by atoms with Crippen molar-refractivity contribution < 1.29 is 4.42 Å². The van der Waals surface area contributed by atoms with Crippen molar-refractivity contribution >= 4 is 32.6 Å². The van der Waals surface area contributed by atoms with Gasteiger partial charge in [-0.25, -0.2) is 4.98 Å². The number of furan rings is 1. The van der Waals surface area contributed by atoms with E-state index in [0.717, 1.165) is 38.9 Å². The molecule has 208 valence electrons. The minimum atomic E-state index is 0.373. The summed E-state index contributed by atoms with van der Waals surface area (Å²) in [5.74, 6) is 2.55. The summed E-state index contributed by atoms with van der Waals surface area (Å²) < 4.78 is 6.94. The zero-order valence-electron chi connectivity index (χ0n) is 25.7. The van der Waals surface area contributed by atoms with Crippen LogP contribution in [0.3, 0.4) is 0 Å². The minimum absolute atomic E-state index is 0.373. The summed E-state index contributed by atoms with van der Waals surface area (Å²) >= 11 is 0. The molecule has 0 unspecified atom stereocenters. The molecule has 0 saturated heterocycles. The van der Waals surface area contributed by atoms with Crippen LogP contribution >= 0.6 is 0 Å². The Kier molecular flexibility index (Phi) is 6.98. The molecular formula is C39H41NO. The molecule has 6 aromatic rings. The predicted octanol–water partition coefficient (Wildman–Crippen LogP) is 12.0. The monoisotopic (exact) mass is 539 g/mol. The first-order valence-electron chi connectivity index (χ1n) is 15.2. The van der Waals surface area contributed by atoms with Crippen molar-refractivity contribution in [1.29, 1.82) is 0 Å². The van der Waals surface area contributed by atoms with E-state index in [-0.39, 0.29) is 0 Å². The summed E-state index contributed by atoms with van der Waals surface area (Å²) in [6.07, 6.45) is 0. The molecular weight excluding hydrogens is 498 g/mol. The van der Waals surface area contributed by atoms with Gasteiger partial charge in [-0.05, 0) is 87.0 Å². The van der Waals surface area contributed by atoms with Gasteiger partial charge in [-0.2, -0.15) is 0 Å². The van der Waals surface area contributed by atoms with E-state index in [1.54, 1.807) is 0 Å². The third-order valence-corrected chi connectivity index (χ3v) is 8.54. The summed E-state index contributed by atoms with van der Waals surface area (Å²) in [4.78, 5) is 5.28. The van der Waals surface area contributed by atoms with E-state index < -0.39 is 0 Å². The molecule has 0 spiro atoms. The van der Waals surface area contributed by atoms with Crippen LogP contribution in [0.25, 0.3) is 55.2 Å². The Hall–Kier alpha value is -3.91. The highest BCUT2D eigenvalue weighted by Crippen LogP contribution is 2.44. The molecule has 2 heterocycles. The van der Waals surface area contributed by atoms with Crippen LogP contribution in [0.1, 0.15) is 101 Å². The summed E-state index contributed by atoms with van der Waals surface area (Å²) in [5, 5.41) is 4.68. The lowest BCUT2D eigenvalue weighted by atomic mass is 9.83. The van der Waals surface area contributed by atoms with Crippen molar-refractivity contribution in [3.8, 4) is 22.6 Å². The van der Waals surface area contributed by atoms with Crippen molar-refractivity contribution in [2.24, 2.45) is 0 Å². The van der Waals surface area contributed by atoms with Crippen LogP contribution in [0.2, 0.25) is 0 Å². The SMILES string of the molecule is CC(C)c1cc(C(C)C)c(-c2cc3c(-c4cc(C(C)C)c5ccccc5c4)nc4ccccc4c3o2)c(C(C)C)c1. The van der Waals surface area contributed by atoms with Gasteiger partial charge in [0.2, 0.25) is 0 Å². The molecule has 0 bridgehead atoms. The molecule has 0 atom stereocenters. The Morgan fingerprint density at radius 3 is 1.80 bits per heavy atom. The average molecular weight is 540 g/mol. The van der Waals surface area contributed by atoms with Gasteiger partial charge in [0.15, 0.2) is 0 Å². The molecule has 2 aromatic heterocycles. The molecule has 2 heteroatoms. The molecule has 0 aliphatic carbocycles. The highest BCUT2D eigenvalue weighted by Gasteiger charge is 2.24. The second-order valence-electron chi connectivity index (χ2n) is 12.8. The van der Waals surface area contributed by atoms with Crippen molar-refractivity contribution in [2.45, 2.75) is 79.1 Å². The van der Waals surface area contributed by atoms with E-state index in [4.69, 9.17) is 9.40 Å². The number of nitrogens with zero attached hydrogens (tertiary/aromatic N) is 1. The van der Waals surface area contributed by atoms with Gasteiger partial charge in [0.05, 0.1) is 11.2 Å². The first kappa shape index (κ1) is 27.3. The van der Waals surface area contributed by atoms with Crippen molar-refractivity contribution in [3.05, 3.63) is 101 Å². The van der Waals surface area contributed by atoms with Crippen LogP contribution in [0.15, 0.2) is 83.3 Å². The van der Waals surface area contributed by atoms with Gasteiger partial charge in [0, 0.05) is 21.9 Å². The lowest BCUT2D eigenvalue weighted by molar-refractivity contribution is 0.630. The number of para-hydroxylation sites is 1. The lowest BCUT2D eigenvalue weighted by Gasteiger charge is -2.21. The number of pyridine rings is 1. The van der Waals surface area contributed by atoms with Gasteiger partial charge in [-0.1, -0.05) is 104 Å². The molecule has 0 aliphatic rings. The Morgan fingerprint density at radius 1 is 0.561 bits per heavy atom. The molecule has 0 amide bonds. The van der Waals surface area contributed by atoms with Gasteiger partial charge >= 0.3 is 0 Å². The quantitative estimate of drug-likeness (QED) is 0.210. The van der Waals surface area contributed by atoms with Crippen LogP contribution in [0.5, 0.6) is 0 Å². The number of hydrogen-bond donors (Lipinski definition) is 0. The molecule has 4 aromatic carbocycles. The zero-order chi connectivity index (χ0) is 29.0. The summed E-state index contributed by atoms with van der Waals surface area (Å²) in [6, 6.07) is 28.8. The summed E-state index contributed by atoms with van der Waals surface area (Å²) in [5.41, 5.74) is 10.7. The first-order valence-corrected chi connectivity index (χ1v) is 15.2. The maximum atomic E-state index is 6.94. The van der Waals surface area contributed by atoms with E-state index in [0.29, 0.717) is 23.7 Å². The second kappa shape index (κ2) is 10.5. The number of aromatic nitrogens is 1. The van der Waals surface area contributed by atoms with E-state index in [1.807, 2.05) is 0 Å². The standard InChI is InChI=1S/C39H41NO/c1-22(2)27-18-32(24(5)6)37(33(19-27)25(7)8)36-21-34-38(40-35-16-12-11-15-30(35)39(34)41-36)28-17-26-13-9-10-14-29(26)31(20-28)23(3)4/h9-25H,1-8H3. The van der Waals surface area contributed by atoms with E-state index >= 15 is 0 Å². The fourth-order valence-electron chi connectivity index (χ4n) is 6.25. The smallest absolute Gasteiger partial charge is 0.146 e. The first-order chi connectivity index (χ1) is 19.6. The summed E-state index contributed by atoms with van der Waals surface area (Å²) in [7, 11) is 0. The Balaban J connectivity index is 1.70. The molecule has 41 heavy (non-hydrogen) atoms. The van der Waals surface area contributed by atoms with Gasteiger partial charge < -0.3 is 4.42 Å². The lowest BCUT2D eigenvalue weighted by Crippen LogP contribution is -2.03. The molecule has 0 saturated carbocycles. The van der Waals surface area contributed by atoms with E-state index in [9.17, 15) is 0 Å². The van der Waals surface area contributed by atoms with Gasteiger partial charge in [0.25, 0.3) is 0 Å². The second-order valence-corrected chi connectivity index (χ2v) is 12.8. The normalized spacial score (nSPS) is 12.3. The van der Waals surface area contributed by atoms with Crippen LogP contribution < -0.4 is 0 Å². The zero-order valence-corrected chi connectivity index (χ0v) is 25.7. The van der Waals surface area contributed by atoms with Crippen molar-refractivity contribution in [2.75, 3.05) is 0 Å². The molecule has 0 aliphatic heterocycles. The number of rotatable bonds is 6. The van der Waals surface area contributed by atoms with Crippen molar-refractivity contribution in [3.63, 3.8) is 0 Å². The van der Waals surface area contributed by atoms with E-state index in [1.165, 1.54) is 38.6 Å².